The van der Waals surface area contributed by atoms with Crippen LogP contribution in [0.3, 0.4) is 0 Å². The van der Waals surface area contributed by atoms with E-state index in [1.807, 2.05) is 0 Å². The molecule has 6 heteroatoms. The van der Waals surface area contributed by atoms with Crippen molar-refractivity contribution < 1.29 is 18.7 Å². The topological polar surface area (TPSA) is 58.6 Å². The molecule has 0 aliphatic rings. The molecule has 1 atom stereocenters. The standard InChI is InChI=1S/C15H21FN2O3/c1-10(17-14(20)21-15(2,3)4)13(19)18(5)12-8-6-7-11(16)9-12/h6-10H,1-5H3,(H,17,20). The molecule has 1 aromatic carbocycles. The van der Waals surface area contributed by atoms with E-state index in [-0.39, 0.29) is 5.91 Å². The number of hydrogen-bond acceptors (Lipinski definition) is 3. The maximum Gasteiger partial charge on any atom is 0.408 e. The first-order valence-electron chi connectivity index (χ1n) is 6.63. The van der Waals surface area contributed by atoms with Gasteiger partial charge in [0.1, 0.15) is 17.5 Å². The van der Waals surface area contributed by atoms with E-state index in [4.69, 9.17) is 4.74 Å². The molecule has 21 heavy (non-hydrogen) atoms. The van der Waals surface area contributed by atoms with E-state index in [0.29, 0.717) is 5.69 Å². The van der Waals surface area contributed by atoms with E-state index in [0.717, 1.165) is 0 Å². The number of carbonyl (C=O) groups excluding carboxylic acids is 2. The van der Waals surface area contributed by atoms with Crippen LogP contribution in [0.25, 0.3) is 0 Å². The zero-order valence-corrected chi connectivity index (χ0v) is 12.9. The van der Waals surface area contributed by atoms with E-state index in [9.17, 15) is 14.0 Å². The van der Waals surface area contributed by atoms with Crippen LogP contribution in [0, 0.1) is 5.82 Å². The van der Waals surface area contributed by atoms with Gasteiger partial charge in [0.25, 0.3) is 0 Å². The van der Waals surface area contributed by atoms with Crippen LogP contribution >= 0.6 is 0 Å². The minimum absolute atomic E-state index is 0.369. The van der Waals surface area contributed by atoms with Crippen molar-refractivity contribution in [1.82, 2.24) is 5.32 Å². The Balaban J connectivity index is 2.68. The molecule has 116 valence electrons. The molecular weight excluding hydrogens is 275 g/mol. The summed E-state index contributed by atoms with van der Waals surface area (Å²) in [6.45, 7) is 6.75. The maximum absolute atomic E-state index is 13.2. The molecule has 0 radical (unpaired) electrons. The van der Waals surface area contributed by atoms with Crippen molar-refractivity contribution in [2.45, 2.75) is 39.3 Å². The highest BCUT2D eigenvalue weighted by Gasteiger charge is 2.23. The van der Waals surface area contributed by atoms with Crippen molar-refractivity contribution in [2.24, 2.45) is 0 Å². The van der Waals surface area contributed by atoms with Crippen molar-refractivity contribution in [1.29, 1.82) is 0 Å². The van der Waals surface area contributed by atoms with Gasteiger partial charge in [-0.05, 0) is 45.9 Å². The summed E-state index contributed by atoms with van der Waals surface area (Å²) in [5, 5.41) is 2.46. The zero-order valence-electron chi connectivity index (χ0n) is 12.9. The van der Waals surface area contributed by atoms with Gasteiger partial charge >= 0.3 is 6.09 Å². The molecular formula is C15H21FN2O3. The molecule has 0 fully saturated rings. The number of carbonyl (C=O) groups is 2. The second-order valence-corrected chi connectivity index (χ2v) is 5.75. The fraction of sp³-hybridized carbons (Fsp3) is 0.467. The van der Waals surface area contributed by atoms with Crippen molar-refractivity contribution >= 4 is 17.7 Å². The average molecular weight is 296 g/mol. The molecule has 0 aromatic heterocycles. The first-order chi connectivity index (χ1) is 9.60. The van der Waals surface area contributed by atoms with Crippen molar-refractivity contribution in [3.63, 3.8) is 0 Å². The molecule has 1 rings (SSSR count). The molecule has 0 saturated heterocycles. The van der Waals surface area contributed by atoms with Gasteiger partial charge in [0, 0.05) is 12.7 Å². The number of nitrogens with zero attached hydrogens (tertiary/aromatic N) is 1. The summed E-state index contributed by atoms with van der Waals surface area (Å²) >= 11 is 0. The Kier molecular flexibility index (Phi) is 5.29. The van der Waals surface area contributed by atoms with E-state index in [1.54, 1.807) is 33.8 Å². The van der Waals surface area contributed by atoms with Gasteiger partial charge in [-0.15, -0.1) is 0 Å². The van der Waals surface area contributed by atoms with Crippen molar-refractivity contribution in [3.05, 3.63) is 30.1 Å². The quantitative estimate of drug-likeness (QED) is 0.933. The molecule has 0 aliphatic heterocycles. The van der Waals surface area contributed by atoms with Gasteiger partial charge in [-0.1, -0.05) is 6.07 Å². The summed E-state index contributed by atoms with van der Waals surface area (Å²) in [4.78, 5) is 25.1. The molecule has 2 amide bonds. The van der Waals surface area contributed by atoms with Crippen molar-refractivity contribution in [2.75, 3.05) is 11.9 Å². The van der Waals surface area contributed by atoms with Crippen LogP contribution in [0.1, 0.15) is 27.7 Å². The number of halogens is 1. The molecule has 1 N–H and O–H groups in total. The molecule has 1 unspecified atom stereocenters. The lowest BCUT2D eigenvalue weighted by Crippen LogP contribution is -2.47. The first-order valence-corrected chi connectivity index (χ1v) is 6.63. The highest BCUT2D eigenvalue weighted by atomic mass is 19.1. The number of ether oxygens (including phenoxy) is 1. The number of hydrogen-bond donors (Lipinski definition) is 1. The Labute approximate surface area is 124 Å². The van der Waals surface area contributed by atoms with E-state index in [1.165, 1.54) is 30.1 Å². The first kappa shape index (κ1) is 16.9. The van der Waals surface area contributed by atoms with Crippen LogP contribution in [0.4, 0.5) is 14.9 Å². The van der Waals surface area contributed by atoms with E-state index < -0.39 is 23.6 Å². The minimum atomic E-state index is -0.784. The monoisotopic (exact) mass is 296 g/mol. The van der Waals surface area contributed by atoms with Crippen LogP contribution in [0.2, 0.25) is 0 Å². The van der Waals surface area contributed by atoms with E-state index >= 15 is 0 Å². The normalized spacial score (nSPS) is 12.5. The number of benzene rings is 1. The summed E-state index contributed by atoms with van der Waals surface area (Å²) in [5.74, 6) is -0.800. The summed E-state index contributed by atoms with van der Waals surface area (Å²) in [7, 11) is 1.52. The molecule has 0 spiro atoms. The molecule has 0 heterocycles. The third kappa shape index (κ3) is 5.41. The Morgan fingerprint density at radius 3 is 2.48 bits per heavy atom. The van der Waals surface area contributed by atoms with Crippen LogP contribution in [-0.4, -0.2) is 30.7 Å². The lowest BCUT2D eigenvalue weighted by Gasteiger charge is -2.24. The Hall–Kier alpha value is -2.11. The average Bonchev–Trinajstić information content (AvgIpc) is 2.34. The predicted octanol–water partition coefficient (Wildman–Crippen LogP) is 2.70. The number of anilines is 1. The maximum atomic E-state index is 13.2. The van der Waals surface area contributed by atoms with Crippen LogP contribution < -0.4 is 10.2 Å². The van der Waals surface area contributed by atoms with Gasteiger partial charge in [0.05, 0.1) is 0 Å². The van der Waals surface area contributed by atoms with Gasteiger partial charge in [-0.2, -0.15) is 0 Å². The van der Waals surface area contributed by atoms with Gasteiger partial charge in [0.15, 0.2) is 0 Å². The number of amides is 2. The number of nitrogens with one attached hydrogen (secondary N) is 1. The van der Waals surface area contributed by atoms with Crippen LogP contribution in [0.15, 0.2) is 24.3 Å². The second-order valence-electron chi connectivity index (χ2n) is 5.75. The number of likely N-dealkylation sites (N-methyl/N-ethyl adjacent to an activating group) is 1. The molecule has 0 aliphatic carbocycles. The van der Waals surface area contributed by atoms with Crippen LogP contribution in [-0.2, 0) is 9.53 Å². The Bertz CT molecular complexity index is 526. The van der Waals surface area contributed by atoms with Gasteiger partial charge < -0.3 is 15.0 Å². The Morgan fingerprint density at radius 1 is 1.33 bits per heavy atom. The summed E-state index contributed by atoms with van der Waals surface area (Å²) in [5.41, 5.74) is -0.223. The molecule has 0 saturated carbocycles. The van der Waals surface area contributed by atoms with Crippen molar-refractivity contribution in [3.8, 4) is 0 Å². The van der Waals surface area contributed by atoms with Crippen LogP contribution in [0.5, 0.6) is 0 Å². The SMILES string of the molecule is CC(NC(=O)OC(C)(C)C)C(=O)N(C)c1cccc(F)c1. The number of alkyl carbamates (subject to hydrolysis) is 1. The third-order valence-corrected chi connectivity index (χ3v) is 2.63. The summed E-state index contributed by atoms with van der Waals surface area (Å²) < 4.78 is 18.2. The lowest BCUT2D eigenvalue weighted by atomic mass is 10.2. The minimum Gasteiger partial charge on any atom is -0.444 e. The second kappa shape index (κ2) is 6.56. The molecule has 5 nitrogen and oxygen atoms in total. The molecule has 0 bridgehead atoms. The third-order valence-electron chi connectivity index (χ3n) is 2.63. The summed E-state index contributed by atoms with van der Waals surface area (Å²) in [6, 6.07) is 4.89. The fourth-order valence-electron chi connectivity index (χ4n) is 1.65. The van der Waals surface area contributed by atoms with Gasteiger partial charge in [-0.25, -0.2) is 9.18 Å². The Morgan fingerprint density at radius 2 is 1.95 bits per heavy atom. The van der Waals surface area contributed by atoms with Gasteiger partial charge in [-0.3, -0.25) is 4.79 Å². The number of rotatable bonds is 3. The largest absolute Gasteiger partial charge is 0.444 e. The lowest BCUT2D eigenvalue weighted by molar-refractivity contribution is -0.120. The smallest absolute Gasteiger partial charge is 0.408 e. The van der Waals surface area contributed by atoms with E-state index in [2.05, 4.69) is 5.32 Å². The summed E-state index contributed by atoms with van der Waals surface area (Å²) in [6.07, 6.45) is -0.670. The zero-order chi connectivity index (χ0) is 16.2. The van der Waals surface area contributed by atoms with Gasteiger partial charge in [0.2, 0.25) is 5.91 Å². The highest BCUT2D eigenvalue weighted by molar-refractivity contribution is 5.97. The fourth-order valence-corrected chi connectivity index (χ4v) is 1.65. The predicted molar refractivity (Wildman–Crippen MR) is 78.6 cm³/mol. The highest BCUT2D eigenvalue weighted by Crippen LogP contribution is 2.15. The molecule has 1 aromatic rings.